The molecule has 0 bridgehead atoms. The van der Waals surface area contributed by atoms with Crippen molar-refractivity contribution in [3.8, 4) is 0 Å². The van der Waals surface area contributed by atoms with Gasteiger partial charge in [-0.2, -0.15) is 5.06 Å². The van der Waals surface area contributed by atoms with Gasteiger partial charge in [-0.05, 0) is 51.0 Å². The third-order valence-corrected chi connectivity index (χ3v) is 3.60. The smallest absolute Gasteiger partial charge is 0.283 e. The number of benzene rings is 1. The predicted molar refractivity (Wildman–Crippen MR) is 89.3 cm³/mol. The van der Waals surface area contributed by atoms with Crippen molar-refractivity contribution >= 4 is 17.4 Å². The molecule has 5 heteroatoms. The number of aliphatic hydroxyl groups excluding tert-OH is 1. The number of aryl methyl sites for hydroxylation is 2. The molecular weight excluding hydrogens is 306 g/mol. The van der Waals surface area contributed by atoms with E-state index >= 15 is 0 Å². The first kappa shape index (κ1) is 17.7. The van der Waals surface area contributed by atoms with E-state index in [1.54, 1.807) is 37.3 Å². The number of hydroxylamine groups is 1. The summed E-state index contributed by atoms with van der Waals surface area (Å²) >= 11 is 0. The first-order valence-electron chi connectivity index (χ1n) is 7.62. The van der Waals surface area contributed by atoms with Crippen molar-refractivity contribution in [1.29, 1.82) is 0 Å². The Labute approximate surface area is 141 Å². The number of amides is 1. The number of carbonyl (C=O) groups is 2. The number of hydrogen-bond donors (Lipinski definition) is 2. The molecule has 0 saturated heterocycles. The van der Waals surface area contributed by atoms with Gasteiger partial charge in [0.05, 0.1) is 5.56 Å². The van der Waals surface area contributed by atoms with Gasteiger partial charge in [-0.1, -0.05) is 23.8 Å². The quantitative estimate of drug-likeness (QED) is 0.486. The van der Waals surface area contributed by atoms with E-state index in [9.17, 15) is 14.8 Å². The molecule has 2 aromatic carbocycles. The van der Waals surface area contributed by atoms with Gasteiger partial charge in [0.25, 0.3) is 5.91 Å². The van der Waals surface area contributed by atoms with Crippen LogP contribution in [0.5, 0.6) is 0 Å². The molecular formula is C19H19NO4. The molecule has 0 atom stereocenters. The fraction of sp³-hybridized carbons (Fsp3) is 0.263. The van der Waals surface area contributed by atoms with Gasteiger partial charge in [0.1, 0.15) is 5.69 Å². The number of anilines is 1. The Bertz CT molecular complexity index is 738. The lowest BCUT2D eigenvalue weighted by atomic mass is 10.0. The average molecular weight is 325 g/mol. The van der Waals surface area contributed by atoms with Gasteiger partial charge in [-0.3, -0.25) is 14.8 Å². The van der Waals surface area contributed by atoms with Crippen molar-refractivity contribution in [3.63, 3.8) is 0 Å². The van der Waals surface area contributed by atoms with Crippen LogP contribution in [-0.2, 0) is 6.42 Å². The summed E-state index contributed by atoms with van der Waals surface area (Å²) in [6.45, 7) is 3.26. The fourth-order valence-corrected chi connectivity index (χ4v) is 2.31. The Morgan fingerprint density at radius 1 is 1.12 bits per heavy atom. The van der Waals surface area contributed by atoms with Gasteiger partial charge in [-0.15, -0.1) is 0 Å². The molecule has 0 aliphatic heterocycles. The number of nitrogens with zero attached hydrogens (tertiary/aromatic N) is 1. The van der Waals surface area contributed by atoms with Crippen LogP contribution in [0.4, 0.5) is 5.69 Å². The molecule has 124 valence electrons. The van der Waals surface area contributed by atoms with E-state index in [0.717, 1.165) is 11.1 Å². The molecule has 2 N–H and O–H groups in total. The zero-order valence-electron chi connectivity index (χ0n) is 13.7. The third-order valence-electron chi connectivity index (χ3n) is 3.60. The van der Waals surface area contributed by atoms with Gasteiger partial charge in [0, 0.05) is 17.7 Å². The summed E-state index contributed by atoms with van der Waals surface area (Å²) < 4.78 is 0. The standard InChI is InChI=1S/C19H19NO4/c1-13-5-10-17(14(2)22)18(12-13)19(23)20(24)16-8-6-15(7-9-16)4-3-11-21/h5-6,8,10,12,21,24H,3-4,11H2,1-2H3. The molecule has 0 spiro atoms. The molecule has 5 nitrogen and oxygen atoms in total. The van der Waals surface area contributed by atoms with Gasteiger partial charge >= 0.3 is 0 Å². The van der Waals surface area contributed by atoms with Crippen LogP contribution in [-0.4, -0.2) is 28.6 Å². The van der Waals surface area contributed by atoms with Crippen LogP contribution < -0.4 is 5.06 Å². The van der Waals surface area contributed by atoms with Crippen molar-refractivity contribution in [2.24, 2.45) is 0 Å². The number of ketones is 1. The predicted octanol–water partition coefficient (Wildman–Crippen LogP) is 2.76. The van der Waals surface area contributed by atoms with Crippen LogP contribution in [0, 0.1) is 19.1 Å². The highest BCUT2D eigenvalue weighted by molar-refractivity contribution is 6.12. The summed E-state index contributed by atoms with van der Waals surface area (Å²) in [6.07, 6.45) is 1.25. The maximum atomic E-state index is 12.5. The van der Waals surface area contributed by atoms with Crippen molar-refractivity contribution in [1.82, 2.24) is 0 Å². The second kappa shape index (κ2) is 7.73. The second-order valence-corrected chi connectivity index (χ2v) is 5.54. The van der Waals surface area contributed by atoms with Gasteiger partial charge < -0.3 is 5.11 Å². The second-order valence-electron chi connectivity index (χ2n) is 5.54. The highest BCUT2D eigenvalue weighted by Crippen LogP contribution is 2.18. The van der Waals surface area contributed by atoms with Crippen molar-refractivity contribution < 1.29 is 19.9 Å². The number of Topliss-reactive ketones (excluding diaryl/α,β-unsaturated/α-hetero) is 1. The molecule has 24 heavy (non-hydrogen) atoms. The summed E-state index contributed by atoms with van der Waals surface area (Å²) in [7, 11) is 0. The van der Waals surface area contributed by atoms with E-state index in [4.69, 9.17) is 5.11 Å². The highest BCUT2D eigenvalue weighted by Gasteiger charge is 2.21. The normalized spacial score (nSPS) is 10.2. The summed E-state index contributed by atoms with van der Waals surface area (Å²) in [6, 6.07) is 13.7. The summed E-state index contributed by atoms with van der Waals surface area (Å²) in [5.74, 6) is -0.946. The van der Waals surface area contributed by atoms with E-state index in [1.807, 2.05) is 0 Å². The lowest BCUT2D eigenvalue weighted by molar-refractivity contribution is 0.0848. The number of carbonyl (C=O) groups excluding carboxylic acids is 2. The minimum atomic E-state index is -0.698. The SMILES string of the molecule is CC(=O)c1ccc(C)cc1C(=O)N(O)c1c#cc(CCCO)cc1. The average Bonchev–Trinajstić information content (AvgIpc) is 2.58. The van der Waals surface area contributed by atoms with Crippen LogP contribution in [0.3, 0.4) is 0 Å². The summed E-state index contributed by atoms with van der Waals surface area (Å²) in [5.41, 5.74) is 2.18. The van der Waals surface area contributed by atoms with Crippen LogP contribution >= 0.6 is 0 Å². The molecule has 0 aliphatic carbocycles. The van der Waals surface area contributed by atoms with Gasteiger partial charge in [0.2, 0.25) is 0 Å². The maximum absolute atomic E-state index is 12.5. The molecule has 1 amide bonds. The summed E-state index contributed by atoms with van der Waals surface area (Å²) in [5, 5.41) is 19.5. The van der Waals surface area contributed by atoms with Crippen molar-refractivity contribution in [2.45, 2.75) is 26.7 Å². The number of hydrogen-bond acceptors (Lipinski definition) is 4. The summed E-state index contributed by atoms with van der Waals surface area (Å²) in [4.78, 5) is 24.2. The van der Waals surface area contributed by atoms with Gasteiger partial charge in [-0.25, -0.2) is 0 Å². The first-order chi connectivity index (χ1) is 11.4. The van der Waals surface area contributed by atoms with E-state index in [1.165, 1.54) is 6.92 Å². The monoisotopic (exact) mass is 325 g/mol. The lowest BCUT2D eigenvalue weighted by Gasteiger charge is -2.15. The van der Waals surface area contributed by atoms with E-state index < -0.39 is 5.91 Å². The van der Waals surface area contributed by atoms with E-state index in [-0.39, 0.29) is 29.2 Å². The zero-order valence-corrected chi connectivity index (χ0v) is 13.7. The zero-order chi connectivity index (χ0) is 17.7. The highest BCUT2D eigenvalue weighted by atomic mass is 16.5. The third kappa shape index (κ3) is 3.99. The van der Waals surface area contributed by atoms with Gasteiger partial charge in [0.15, 0.2) is 5.78 Å². The Hall–Kier alpha value is -2.68. The molecule has 0 unspecified atom stereocenters. The molecule has 0 heterocycles. The number of rotatable bonds is 6. The van der Waals surface area contributed by atoms with Crippen molar-refractivity contribution in [2.75, 3.05) is 11.7 Å². The van der Waals surface area contributed by atoms with E-state index in [2.05, 4.69) is 12.1 Å². The fourth-order valence-electron chi connectivity index (χ4n) is 2.31. The molecule has 0 radical (unpaired) electrons. The minimum absolute atomic E-state index is 0.0847. The first-order valence-corrected chi connectivity index (χ1v) is 7.62. The molecule has 0 fully saturated rings. The lowest BCUT2D eigenvalue weighted by Crippen LogP contribution is -2.28. The molecule has 0 saturated carbocycles. The van der Waals surface area contributed by atoms with Crippen LogP contribution in [0.25, 0.3) is 0 Å². The maximum Gasteiger partial charge on any atom is 0.283 e. The van der Waals surface area contributed by atoms with Crippen LogP contribution in [0.15, 0.2) is 30.3 Å². The largest absolute Gasteiger partial charge is 0.396 e. The Morgan fingerprint density at radius 3 is 2.46 bits per heavy atom. The molecule has 0 aromatic heterocycles. The van der Waals surface area contributed by atoms with E-state index in [0.29, 0.717) is 17.9 Å². The topological polar surface area (TPSA) is 77.8 Å². The minimum Gasteiger partial charge on any atom is -0.396 e. The molecule has 0 aliphatic rings. The van der Waals surface area contributed by atoms with Crippen LogP contribution in [0.1, 0.15) is 45.2 Å². The number of aliphatic hydroxyl groups is 1. The van der Waals surface area contributed by atoms with Crippen LogP contribution in [0.2, 0.25) is 0 Å². The van der Waals surface area contributed by atoms with Crippen molar-refractivity contribution in [3.05, 3.63) is 64.7 Å². The Balaban J connectivity index is 2.26. The Morgan fingerprint density at radius 2 is 1.88 bits per heavy atom. The molecule has 2 aromatic rings. The Kier molecular flexibility index (Phi) is 5.69. The molecule has 2 rings (SSSR count).